The van der Waals surface area contributed by atoms with Crippen molar-refractivity contribution in [3.63, 3.8) is 0 Å². The summed E-state index contributed by atoms with van der Waals surface area (Å²) in [5.74, 6) is -0.0459. The van der Waals surface area contributed by atoms with Crippen molar-refractivity contribution in [1.82, 2.24) is 14.7 Å². The van der Waals surface area contributed by atoms with E-state index in [0.717, 1.165) is 103 Å². The van der Waals surface area contributed by atoms with Crippen LogP contribution in [-0.4, -0.2) is 175 Å². The van der Waals surface area contributed by atoms with Crippen LogP contribution in [0.1, 0.15) is 287 Å². The van der Waals surface area contributed by atoms with Gasteiger partial charge >= 0.3 is 47.8 Å². The molecule has 0 bridgehead atoms. The molecule has 19 heteroatoms. The van der Waals surface area contributed by atoms with Crippen LogP contribution in [0.3, 0.4) is 0 Å². The second-order valence-corrected chi connectivity index (χ2v) is 25.4. The number of nitrogens with zero attached hydrogens (tertiary/aromatic N) is 3. The van der Waals surface area contributed by atoms with E-state index >= 15 is 0 Å². The van der Waals surface area contributed by atoms with Gasteiger partial charge in [-0.1, -0.05) is 158 Å². The predicted molar refractivity (Wildman–Crippen MR) is 364 cm³/mol. The Hall–Kier alpha value is -4.36. The molecule has 0 aromatic carbocycles. The number of carbonyl (C=O) groups is 8. The Bertz CT molecular complexity index is 1610. The van der Waals surface area contributed by atoms with E-state index in [4.69, 9.17) is 37.9 Å². The fraction of sp³-hybridized carbons (Fsp3) is 0.890. The van der Waals surface area contributed by atoms with E-state index in [9.17, 15) is 38.4 Å². The van der Waals surface area contributed by atoms with Gasteiger partial charge in [0.25, 0.3) is 0 Å². The quantitative estimate of drug-likeness (QED) is 0.0314. The highest BCUT2D eigenvalue weighted by molar-refractivity contribution is 5.72. The van der Waals surface area contributed by atoms with Crippen molar-refractivity contribution in [3.8, 4) is 0 Å². The summed E-state index contributed by atoms with van der Waals surface area (Å²) in [5, 5.41) is 0. The number of carbonyl (C=O) groups excluding carboxylic acids is 8. The summed E-state index contributed by atoms with van der Waals surface area (Å²) in [6, 6.07) is 0. The van der Waals surface area contributed by atoms with Crippen LogP contribution in [0, 0.1) is 23.7 Å². The molecule has 0 rings (SSSR count). The molecule has 0 aliphatic rings. The highest BCUT2D eigenvalue weighted by atomic mass is 16.6. The monoisotopic (exact) mass is 1310 g/mol. The summed E-state index contributed by atoms with van der Waals surface area (Å²) in [6.07, 6.45) is 28.1. The molecule has 4 unspecified atom stereocenters. The van der Waals surface area contributed by atoms with Crippen molar-refractivity contribution in [1.29, 1.82) is 0 Å². The largest absolute Gasteiger partial charge is 0.466 e. The molecule has 0 spiro atoms. The molecule has 0 aromatic rings. The summed E-state index contributed by atoms with van der Waals surface area (Å²) in [4.78, 5) is 108. The average molecular weight is 1310 g/mol. The highest BCUT2D eigenvalue weighted by Gasteiger charge is 2.19. The molecular weight excluding hydrogens is 1170 g/mol. The van der Waals surface area contributed by atoms with Gasteiger partial charge in [-0.3, -0.25) is 38.4 Å². The SMILES string of the molecule is CCCCC(CC)CCC(=O)OCCCCOC(=O)CCN(CCC(=O)OCCCCOC(=O)CCC(CC)CCCC)CCN(C)CCN(CCC(=O)OCCCCOC(=O)CCC(CC)CCCC)CCC(=O)OCCCCOC(=O)CCC(CC)CCCC. The van der Waals surface area contributed by atoms with Gasteiger partial charge in [-0.15, -0.1) is 0 Å². The Morgan fingerprint density at radius 1 is 0.239 bits per heavy atom. The van der Waals surface area contributed by atoms with Crippen LogP contribution in [0.5, 0.6) is 0 Å². The smallest absolute Gasteiger partial charge is 0.307 e. The van der Waals surface area contributed by atoms with Crippen molar-refractivity contribution < 1.29 is 76.3 Å². The van der Waals surface area contributed by atoms with E-state index in [0.29, 0.717) is 153 Å². The lowest BCUT2D eigenvalue weighted by atomic mass is 9.94. The van der Waals surface area contributed by atoms with E-state index in [1.54, 1.807) is 0 Å². The Balaban J connectivity index is 5.56. The van der Waals surface area contributed by atoms with Gasteiger partial charge in [-0.2, -0.15) is 0 Å². The zero-order valence-electron chi connectivity index (χ0n) is 60.0. The fourth-order valence-corrected chi connectivity index (χ4v) is 10.8. The number of esters is 8. The van der Waals surface area contributed by atoms with Crippen LogP contribution < -0.4 is 0 Å². The Morgan fingerprint density at radius 2 is 0.424 bits per heavy atom. The van der Waals surface area contributed by atoms with Crippen molar-refractivity contribution in [2.24, 2.45) is 23.7 Å². The lowest BCUT2D eigenvalue weighted by molar-refractivity contribution is -0.147. The number of hydrogen-bond acceptors (Lipinski definition) is 19. The topological polar surface area (TPSA) is 220 Å². The molecule has 4 atom stereocenters. The minimum absolute atomic E-state index is 0.110. The van der Waals surface area contributed by atoms with Crippen LogP contribution in [0.4, 0.5) is 0 Å². The van der Waals surface area contributed by atoms with Gasteiger partial charge in [0.2, 0.25) is 0 Å². The van der Waals surface area contributed by atoms with Crippen LogP contribution in [-0.2, 0) is 76.3 Å². The number of likely N-dealkylation sites (N-methyl/N-ethyl adjacent to an activating group) is 1. The maximum Gasteiger partial charge on any atom is 0.307 e. The molecule has 0 amide bonds. The van der Waals surface area contributed by atoms with Crippen molar-refractivity contribution >= 4 is 47.8 Å². The molecule has 0 aliphatic carbocycles. The molecule has 0 aromatic heterocycles. The molecular formula is C73H135N3O16. The Kier molecular flexibility index (Phi) is 59.8. The lowest BCUT2D eigenvalue weighted by Crippen LogP contribution is -2.40. The molecule has 19 nitrogen and oxygen atoms in total. The molecule has 0 N–H and O–H groups in total. The average Bonchev–Trinajstić information content (AvgIpc) is 3.64. The summed E-state index contributed by atoms with van der Waals surface area (Å²) in [7, 11) is 1.97. The fourth-order valence-electron chi connectivity index (χ4n) is 10.8. The van der Waals surface area contributed by atoms with E-state index in [-0.39, 0.29) is 126 Å². The van der Waals surface area contributed by atoms with Crippen molar-refractivity contribution in [2.75, 3.05) is 112 Å². The van der Waals surface area contributed by atoms with E-state index < -0.39 is 0 Å². The van der Waals surface area contributed by atoms with E-state index in [1.165, 1.54) is 25.7 Å². The van der Waals surface area contributed by atoms with Gasteiger partial charge in [-0.25, -0.2) is 0 Å². The number of ether oxygens (including phenoxy) is 8. The molecule has 0 heterocycles. The molecule has 0 fully saturated rings. The standard InChI is InChI=1S/C73H135N3O16/c1-10-18-30-62(14-5)34-38-66(77)85-54-22-26-58-89-70(81)42-46-75(47-43-71(82)90-59-27-23-55-86-67(78)39-35-63(15-6)31-19-11-2)52-50-74(9)51-53-76(48-44-72(83)91-60-28-24-56-87-68(79)40-36-64(16-7)32-20-12-3)49-45-73(84)92-61-29-25-57-88-69(80)41-37-65(17-8)33-21-13-4/h62-65H,10-61H2,1-9H3. The molecule has 92 heavy (non-hydrogen) atoms. The van der Waals surface area contributed by atoms with Gasteiger partial charge < -0.3 is 52.6 Å². The van der Waals surface area contributed by atoms with Gasteiger partial charge in [-0.05, 0) is 108 Å². The molecule has 0 saturated heterocycles. The molecule has 538 valence electrons. The maximum atomic E-state index is 13.0. The van der Waals surface area contributed by atoms with Crippen LogP contribution in [0.15, 0.2) is 0 Å². The van der Waals surface area contributed by atoms with Crippen molar-refractivity contribution in [2.45, 2.75) is 287 Å². The van der Waals surface area contributed by atoms with Crippen LogP contribution in [0.2, 0.25) is 0 Å². The summed E-state index contributed by atoms with van der Waals surface area (Å²) < 4.78 is 44.1. The Labute approximate surface area is 558 Å². The van der Waals surface area contributed by atoms with Gasteiger partial charge in [0.1, 0.15) is 0 Å². The molecule has 0 aliphatic heterocycles. The zero-order valence-corrected chi connectivity index (χ0v) is 60.0. The third kappa shape index (κ3) is 55.0. The normalized spacial score (nSPS) is 12.7. The summed E-state index contributed by atoms with van der Waals surface area (Å²) in [6.45, 7) is 22.9. The Morgan fingerprint density at radius 3 is 0.598 bits per heavy atom. The first-order valence-electron chi connectivity index (χ1n) is 36.9. The third-order valence-corrected chi connectivity index (χ3v) is 17.6. The summed E-state index contributed by atoms with van der Waals surface area (Å²) >= 11 is 0. The third-order valence-electron chi connectivity index (χ3n) is 17.6. The highest BCUT2D eigenvalue weighted by Crippen LogP contribution is 2.22. The summed E-state index contributed by atoms with van der Waals surface area (Å²) in [5.41, 5.74) is 0. The minimum atomic E-state index is -0.362. The van der Waals surface area contributed by atoms with Crippen LogP contribution >= 0.6 is 0 Å². The van der Waals surface area contributed by atoms with Crippen molar-refractivity contribution in [3.05, 3.63) is 0 Å². The minimum Gasteiger partial charge on any atom is -0.466 e. The lowest BCUT2D eigenvalue weighted by Gasteiger charge is -2.27. The molecule has 0 saturated carbocycles. The number of unbranched alkanes of at least 4 members (excludes halogenated alkanes) is 8. The van der Waals surface area contributed by atoms with Gasteiger partial charge in [0, 0.05) is 78.0 Å². The molecule has 0 radical (unpaired) electrons. The van der Waals surface area contributed by atoms with Crippen LogP contribution in [0.25, 0.3) is 0 Å². The maximum absolute atomic E-state index is 13.0. The van der Waals surface area contributed by atoms with E-state index in [2.05, 4.69) is 60.3 Å². The first-order chi connectivity index (χ1) is 44.5. The van der Waals surface area contributed by atoms with Gasteiger partial charge in [0.05, 0.1) is 78.5 Å². The van der Waals surface area contributed by atoms with Gasteiger partial charge in [0.15, 0.2) is 0 Å². The van der Waals surface area contributed by atoms with E-state index in [1.807, 2.05) is 16.8 Å². The second-order valence-electron chi connectivity index (χ2n) is 25.4. The first-order valence-corrected chi connectivity index (χ1v) is 36.9. The predicted octanol–water partition coefficient (Wildman–Crippen LogP) is 14.5. The zero-order chi connectivity index (χ0) is 68.1. The number of rotatable bonds is 66. The second kappa shape index (κ2) is 62.7. The number of hydrogen-bond donors (Lipinski definition) is 0. The first kappa shape index (κ1) is 87.6.